The van der Waals surface area contributed by atoms with Gasteiger partial charge in [-0.05, 0) is 205 Å². The summed E-state index contributed by atoms with van der Waals surface area (Å²) in [5, 5.41) is 11.0. The minimum Gasteiger partial charge on any atom is -0.480 e. The molecule has 5 aromatic heterocycles. The van der Waals surface area contributed by atoms with Crippen molar-refractivity contribution < 1.29 is 14.7 Å². The Balaban J connectivity index is 0.913. The number of nitrogens with one attached hydrogen (secondary N) is 2. The van der Waals surface area contributed by atoms with Crippen LogP contribution in [0.25, 0.3) is 57.5 Å². The van der Waals surface area contributed by atoms with Gasteiger partial charge >= 0.3 is 5.97 Å². The number of anilines is 1. The van der Waals surface area contributed by atoms with Crippen LogP contribution in [-0.2, 0) is 22.7 Å². The molecule has 0 unspecified atom stereocenters. The highest BCUT2D eigenvalue weighted by Gasteiger charge is 2.40. The van der Waals surface area contributed by atoms with E-state index in [0.29, 0.717) is 72.1 Å². The molecular weight excluding hydrogens is 1260 g/mol. The maximum atomic E-state index is 14.4. The van der Waals surface area contributed by atoms with Crippen molar-refractivity contribution in [3.63, 3.8) is 0 Å². The Morgan fingerprint density at radius 2 is 1.17 bits per heavy atom. The Morgan fingerprint density at radius 1 is 0.663 bits per heavy atom. The van der Waals surface area contributed by atoms with Crippen LogP contribution in [0.3, 0.4) is 0 Å². The van der Waals surface area contributed by atoms with Gasteiger partial charge in [-0.2, -0.15) is 0 Å². The zero-order valence-electron chi connectivity index (χ0n) is 57.3. The molecule has 17 heteroatoms. The molecule has 5 aliphatic carbocycles. The molecule has 95 heavy (non-hydrogen) atoms. The smallest absolute Gasteiger partial charge is 0.323 e. The van der Waals surface area contributed by atoms with Crippen molar-refractivity contribution in [2.24, 2.45) is 34.5 Å². The number of amides is 1. The first-order valence-corrected chi connectivity index (χ1v) is 39.0. The van der Waals surface area contributed by atoms with Crippen molar-refractivity contribution in [3.8, 4) is 11.8 Å². The molecule has 13 rings (SSSR count). The number of rotatable bonds is 12. The first-order chi connectivity index (χ1) is 45.7. The maximum absolute atomic E-state index is 14.4. The van der Waals surface area contributed by atoms with Crippen molar-refractivity contribution in [1.29, 1.82) is 0 Å². The van der Waals surface area contributed by atoms with Crippen LogP contribution in [0.1, 0.15) is 261 Å². The minimum atomic E-state index is -1.15. The molecule has 13 nitrogen and oxygen atoms in total. The summed E-state index contributed by atoms with van der Waals surface area (Å²) in [6.45, 7) is 18.9. The van der Waals surface area contributed by atoms with E-state index in [-0.39, 0.29) is 32.2 Å². The molecule has 3 N–H and O–H groups in total. The second kappa shape index (κ2) is 28.4. The highest BCUT2D eigenvalue weighted by atomic mass is 32.2. The van der Waals surface area contributed by atoms with Gasteiger partial charge in [0.2, 0.25) is 0 Å². The fraction of sp³-hybridized carbons (Fsp3) is 0.577. The largest absolute Gasteiger partial charge is 0.480 e. The number of carbonyl (C=O) groups excluding carboxylic acids is 1. The van der Waals surface area contributed by atoms with Crippen molar-refractivity contribution >= 4 is 126 Å². The normalized spacial score (nSPS) is 24.4. The average molecular weight is 1360 g/mol. The van der Waals surface area contributed by atoms with E-state index in [0.717, 1.165) is 127 Å². The van der Waals surface area contributed by atoms with Crippen molar-refractivity contribution in [2.45, 2.75) is 246 Å². The quantitative estimate of drug-likeness (QED) is 0.0793. The van der Waals surface area contributed by atoms with Crippen LogP contribution in [0.5, 0.6) is 0 Å². The molecule has 3 aliphatic heterocycles. The molecule has 0 radical (unpaired) electrons. The summed E-state index contributed by atoms with van der Waals surface area (Å²) >= 11 is 8.78. The monoisotopic (exact) mass is 1350 g/mol. The Bertz CT molecular complexity index is 4290. The molecule has 0 aromatic carbocycles. The van der Waals surface area contributed by atoms with Crippen LogP contribution < -0.4 is 25.1 Å². The number of thiocarbonyl (C=S) groups is 1. The molecule has 8 heterocycles. The Labute approximate surface area is 577 Å². The van der Waals surface area contributed by atoms with E-state index in [9.17, 15) is 24.3 Å². The van der Waals surface area contributed by atoms with E-state index < -0.39 is 12.5 Å². The number of aromatic nitrogens is 6. The molecule has 8 bridgehead atoms. The number of thioether (sulfide) groups is 1. The lowest BCUT2D eigenvalue weighted by molar-refractivity contribution is -0.137. The van der Waals surface area contributed by atoms with Gasteiger partial charge in [-0.3, -0.25) is 28.6 Å². The molecule has 0 atom stereocenters. The number of carboxylic acids is 1. The van der Waals surface area contributed by atoms with Crippen LogP contribution in [0, 0.1) is 55.7 Å². The van der Waals surface area contributed by atoms with Gasteiger partial charge in [-0.1, -0.05) is 147 Å². The first kappa shape index (κ1) is 67.5. The molecule has 5 aromatic rings. The standard InChI is InChI=1S/C78H98N8O5S4/c1-9-11-44-84-69(72-83(10-2)71(90)76(92)95-72)75(91)94-73(84)74-85(46-65(87)88)70(89)64(93-74)45-48-24-22-47(23-25-48)26-35-55-56-36-38-58(79-56)66(49-18-14-12-15-19-49)60-40-42-62(81-60)68(63-43-41-61(82-63)67(50-20-16-13-17-21-50)59-39-37-57(55)80-59)86(53-31-27-51(28-32-53)77(3,4)5)54-33-29-52(30-34-54)78(6,7)8/h36-43,45,47-54,81-82H,9-25,27-34,44,46H2,1-8H3,(H,87,88)/b56-55?,57-55?,64-45?,66-58?,66-60?,67-59?,67-61?,68-62?,68-63?,72-69+,74-73+. The van der Waals surface area contributed by atoms with Gasteiger partial charge in [0, 0.05) is 53.3 Å². The predicted molar refractivity (Wildman–Crippen MR) is 398 cm³/mol. The molecule has 8 aliphatic rings. The van der Waals surface area contributed by atoms with Gasteiger partial charge in [0.25, 0.3) is 16.2 Å². The van der Waals surface area contributed by atoms with Crippen LogP contribution in [0.2, 0.25) is 0 Å². The van der Waals surface area contributed by atoms with Crippen LogP contribution in [0.4, 0.5) is 5.69 Å². The van der Waals surface area contributed by atoms with Gasteiger partial charge in [-0.25, -0.2) is 9.97 Å². The van der Waals surface area contributed by atoms with Crippen LogP contribution in [0.15, 0.2) is 33.9 Å². The fourth-order valence-electron chi connectivity index (χ4n) is 17.3. The Kier molecular flexibility index (Phi) is 20.2. The zero-order chi connectivity index (χ0) is 66.4. The Morgan fingerprint density at radius 3 is 1.66 bits per heavy atom. The van der Waals surface area contributed by atoms with E-state index in [2.05, 4.69) is 124 Å². The van der Waals surface area contributed by atoms with E-state index in [4.69, 9.17) is 22.2 Å². The average Bonchev–Trinajstić information content (AvgIpc) is 1.59. The number of fused-ring (bicyclic) bond motifs is 8. The SMILES string of the molecule is CCCCn1/c(=c2\sc(=CC3CCC(C#Cc4c5nc(c(C6CCCCC6)c6ccc([nH]6)c(N(C6CCC(C(C)(C)C)CC6)C6CCC(C(C)(C)C)CC6)c6ccc([nH]6)c(C6CCCCC6)c6nc4C=C6)C=C5)CC3)c(=O)n2CC(=O)O)sc(=O)/c1=C1\SC(=S)C(=O)N1CC. The zero-order valence-corrected chi connectivity index (χ0v) is 60.6. The summed E-state index contributed by atoms with van der Waals surface area (Å²) in [6.07, 6.45) is 37.5. The lowest BCUT2D eigenvalue weighted by Gasteiger charge is -2.48. The fourth-order valence-corrected chi connectivity index (χ4v) is 21.1. The number of carbonyl (C=O) groups is 2. The number of aliphatic carboxylic acids is 1. The molecule has 6 fully saturated rings. The molecule has 0 spiro atoms. The van der Waals surface area contributed by atoms with E-state index in [1.165, 1.54) is 150 Å². The molecular formula is C78H98N8O5S4. The van der Waals surface area contributed by atoms with Crippen LogP contribution >= 0.6 is 46.7 Å². The second-order valence-electron chi connectivity index (χ2n) is 30.8. The van der Waals surface area contributed by atoms with Crippen LogP contribution in [-0.4, -0.2) is 73.8 Å². The Hall–Kier alpha value is -6.06. The highest BCUT2D eigenvalue weighted by molar-refractivity contribution is 8.31. The van der Waals surface area contributed by atoms with Crippen molar-refractivity contribution in [3.05, 3.63) is 103 Å². The third-order valence-electron chi connectivity index (χ3n) is 22.7. The molecule has 5 saturated carbocycles. The van der Waals surface area contributed by atoms with E-state index in [1.807, 2.05) is 17.6 Å². The summed E-state index contributed by atoms with van der Waals surface area (Å²) in [7, 11) is 0. The second-order valence-corrected chi connectivity index (χ2v) is 34.4. The molecule has 1 amide bonds. The first-order valence-electron chi connectivity index (χ1n) is 36.2. The van der Waals surface area contributed by atoms with Gasteiger partial charge in [0.15, 0.2) is 0 Å². The number of aromatic amines is 2. The van der Waals surface area contributed by atoms with E-state index >= 15 is 0 Å². The van der Waals surface area contributed by atoms with Gasteiger partial charge in [0.1, 0.15) is 30.4 Å². The maximum Gasteiger partial charge on any atom is 0.323 e. The van der Waals surface area contributed by atoms with Crippen molar-refractivity contribution in [1.82, 2.24) is 34.0 Å². The summed E-state index contributed by atoms with van der Waals surface area (Å²) < 4.78 is 4.53. The highest BCUT2D eigenvalue weighted by Crippen LogP contribution is 2.48. The van der Waals surface area contributed by atoms with Gasteiger partial charge in [-0.15, -0.1) is 11.3 Å². The third-order valence-corrected chi connectivity index (χ3v) is 26.3. The summed E-state index contributed by atoms with van der Waals surface area (Å²) in [4.78, 5) is 78.4. The summed E-state index contributed by atoms with van der Waals surface area (Å²) in [5.41, 5.74) is 13.5. The number of thiazole rings is 2. The summed E-state index contributed by atoms with van der Waals surface area (Å²) in [6, 6.07) is 10.5. The number of unbranched alkanes of at least 4 members (excludes halogenated alkanes) is 1. The summed E-state index contributed by atoms with van der Waals surface area (Å²) in [5.74, 6) is 8.45. The number of H-pyrrole nitrogens is 2. The number of hydrogen-bond donors (Lipinski definition) is 3. The number of nitrogens with zero attached hydrogens (tertiary/aromatic N) is 6. The van der Waals surface area contributed by atoms with Gasteiger partial charge < -0.3 is 24.5 Å². The lowest BCUT2D eigenvalue weighted by atomic mass is 9.69. The number of hydrogen-bond acceptors (Lipinski definition) is 11. The van der Waals surface area contributed by atoms with Gasteiger partial charge in [0.05, 0.1) is 49.6 Å². The predicted octanol–water partition coefficient (Wildman–Crippen LogP) is 17.0. The number of carboxylic acid groups (broad SMARTS) is 1. The van der Waals surface area contributed by atoms with E-state index in [1.54, 1.807) is 0 Å². The lowest BCUT2D eigenvalue weighted by Crippen LogP contribution is -2.48. The topological polar surface area (TPSA) is 162 Å². The molecule has 504 valence electrons. The van der Waals surface area contributed by atoms with Crippen molar-refractivity contribution in [2.75, 3.05) is 11.4 Å². The third kappa shape index (κ3) is 14.1. The minimum absolute atomic E-state index is 0.0688. The molecule has 1 saturated heterocycles.